The topological polar surface area (TPSA) is 17.1 Å². The van der Waals surface area contributed by atoms with E-state index in [1.807, 2.05) is 13.8 Å². The van der Waals surface area contributed by atoms with Crippen LogP contribution in [0.2, 0.25) is 5.02 Å². The standard InChI is InChI=1S/C13H16ClFO/c1-9(2)13(16)5-3-4-10-8-11(14)6-7-12(10)15/h6-9H,3-5H2,1-2H3. The van der Waals surface area contributed by atoms with E-state index >= 15 is 0 Å². The van der Waals surface area contributed by atoms with Crippen molar-refractivity contribution in [2.75, 3.05) is 0 Å². The van der Waals surface area contributed by atoms with E-state index < -0.39 is 0 Å². The molecule has 0 aliphatic rings. The van der Waals surface area contributed by atoms with E-state index in [4.69, 9.17) is 11.6 Å². The number of carbonyl (C=O) groups is 1. The molecule has 0 radical (unpaired) electrons. The van der Waals surface area contributed by atoms with E-state index in [1.54, 1.807) is 6.07 Å². The number of benzene rings is 1. The molecule has 1 rings (SSSR count). The first-order chi connectivity index (χ1) is 7.50. The third kappa shape index (κ3) is 3.93. The largest absolute Gasteiger partial charge is 0.299 e. The van der Waals surface area contributed by atoms with Crippen LogP contribution in [0.15, 0.2) is 18.2 Å². The lowest BCUT2D eigenvalue weighted by Crippen LogP contribution is -2.07. The lowest BCUT2D eigenvalue weighted by molar-refractivity contribution is -0.121. The first kappa shape index (κ1) is 13.2. The molecule has 0 spiro atoms. The van der Waals surface area contributed by atoms with Crippen LogP contribution >= 0.6 is 11.6 Å². The molecule has 0 atom stereocenters. The van der Waals surface area contributed by atoms with Crippen molar-refractivity contribution in [1.29, 1.82) is 0 Å². The van der Waals surface area contributed by atoms with Gasteiger partial charge < -0.3 is 0 Å². The van der Waals surface area contributed by atoms with E-state index in [-0.39, 0.29) is 17.5 Å². The third-order valence-corrected chi connectivity index (χ3v) is 2.76. The molecule has 0 bridgehead atoms. The fraction of sp³-hybridized carbons (Fsp3) is 0.462. The second kappa shape index (κ2) is 6.00. The Bertz CT molecular complexity index is 374. The molecule has 0 unspecified atom stereocenters. The minimum absolute atomic E-state index is 0.0595. The molecule has 0 saturated carbocycles. The molecule has 1 nitrogen and oxygen atoms in total. The number of carbonyl (C=O) groups excluding carboxylic acids is 1. The fourth-order valence-electron chi connectivity index (χ4n) is 1.48. The Kier molecular flexibility index (Phi) is 4.94. The van der Waals surface area contributed by atoms with Crippen molar-refractivity contribution in [3.05, 3.63) is 34.6 Å². The number of hydrogen-bond donors (Lipinski definition) is 0. The Balaban J connectivity index is 2.49. The van der Waals surface area contributed by atoms with Crippen LogP contribution in [0.4, 0.5) is 4.39 Å². The summed E-state index contributed by atoms with van der Waals surface area (Å²) in [7, 11) is 0. The Morgan fingerprint density at radius 3 is 2.75 bits per heavy atom. The SMILES string of the molecule is CC(C)C(=O)CCCc1cc(Cl)ccc1F. The van der Waals surface area contributed by atoms with Crippen molar-refractivity contribution >= 4 is 17.4 Å². The smallest absolute Gasteiger partial charge is 0.135 e. The summed E-state index contributed by atoms with van der Waals surface area (Å²) in [5.74, 6) is 0.0352. The highest BCUT2D eigenvalue weighted by atomic mass is 35.5. The van der Waals surface area contributed by atoms with Gasteiger partial charge in [-0.15, -0.1) is 0 Å². The molecule has 0 amide bonds. The van der Waals surface area contributed by atoms with Crippen LogP contribution in [0.5, 0.6) is 0 Å². The van der Waals surface area contributed by atoms with E-state index in [1.165, 1.54) is 12.1 Å². The van der Waals surface area contributed by atoms with Crippen LogP contribution in [0.3, 0.4) is 0 Å². The molecule has 0 aliphatic heterocycles. The highest BCUT2D eigenvalue weighted by molar-refractivity contribution is 6.30. The summed E-state index contributed by atoms with van der Waals surface area (Å²) in [4.78, 5) is 11.4. The summed E-state index contributed by atoms with van der Waals surface area (Å²) in [6.45, 7) is 3.75. The van der Waals surface area contributed by atoms with Crippen LogP contribution in [-0.2, 0) is 11.2 Å². The number of halogens is 2. The second-order valence-electron chi connectivity index (χ2n) is 4.21. The van der Waals surface area contributed by atoms with Gasteiger partial charge in [-0.3, -0.25) is 4.79 Å². The Labute approximate surface area is 101 Å². The predicted octanol–water partition coefficient (Wildman–Crippen LogP) is 4.03. The number of ketones is 1. The summed E-state index contributed by atoms with van der Waals surface area (Å²) >= 11 is 5.78. The van der Waals surface area contributed by atoms with Crippen molar-refractivity contribution in [2.24, 2.45) is 5.92 Å². The lowest BCUT2D eigenvalue weighted by atomic mass is 10.0. The third-order valence-electron chi connectivity index (χ3n) is 2.52. The first-order valence-electron chi connectivity index (χ1n) is 5.47. The van der Waals surface area contributed by atoms with E-state index in [0.29, 0.717) is 29.8 Å². The van der Waals surface area contributed by atoms with Gasteiger partial charge in [0.05, 0.1) is 0 Å². The molecule has 16 heavy (non-hydrogen) atoms. The van der Waals surface area contributed by atoms with E-state index in [9.17, 15) is 9.18 Å². The molecule has 0 fully saturated rings. The average molecular weight is 243 g/mol. The minimum Gasteiger partial charge on any atom is -0.299 e. The van der Waals surface area contributed by atoms with Gasteiger partial charge in [0.1, 0.15) is 11.6 Å². The van der Waals surface area contributed by atoms with Crippen molar-refractivity contribution in [3.63, 3.8) is 0 Å². The van der Waals surface area contributed by atoms with Crippen molar-refractivity contribution in [2.45, 2.75) is 33.1 Å². The fourth-order valence-corrected chi connectivity index (χ4v) is 1.67. The van der Waals surface area contributed by atoms with Gasteiger partial charge in [-0.1, -0.05) is 25.4 Å². The van der Waals surface area contributed by atoms with Crippen LogP contribution in [-0.4, -0.2) is 5.78 Å². The summed E-state index contributed by atoms with van der Waals surface area (Å²) in [5.41, 5.74) is 0.587. The summed E-state index contributed by atoms with van der Waals surface area (Å²) < 4.78 is 13.3. The number of Topliss-reactive ketones (excluding diaryl/α,β-unsaturated/α-hetero) is 1. The summed E-state index contributed by atoms with van der Waals surface area (Å²) in [6.07, 6.45) is 1.74. The second-order valence-corrected chi connectivity index (χ2v) is 4.65. The molecule has 0 saturated heterocycles. The molecule has 1 aromatic carbocycles. The quantitative estimate of drug-likeness (QED) is 0.762. The first-order valence-corrected chi connectivity index (χ1v) is 5.85. The molecular weight excluding hydrogens is 227 g/mol. The number of rotatable bonds is 5. The Morgan fingerprint density at radius 1 is 1.44 bits per heavy atom. The molecule has 0 heterocycles. The lowest BCUT2D eigenvalue weighted by Gasteiger charge is -2.05. The predicted molar refractivity (Wildman–Crippen MR) is 64.2 cm³/mol. The summed E-state index contributed by atoms with van der Waals surface area (Å²) in [5, 5.41) is 0.534. The zero-order valence-corrected chi connectivity index (χ0v) is 10.4. The maximum Gasteiger partial charge on any atom is 0.135 e. The zero-order chi connectivity index (χ0) is 12.1. The highest BCUT2D eigenvalue weighted by Crippen LogP contribution is 2.17. The highest BCUT2D eigenvalue weighted by Gasteiger charge is 2.08. The minimum atomic E-state index is -0.249. The van der Waals surface area contributed by atoms with Gasteiger partial charge in [0.15, 0.2) is 0 Å². The van der Waals surface area contributed by atoms with Gasteiger partial charge in [0, 0.05) is 17.4 Å². The molecule has 0 aliphatic carbocycles. The molecule has 3 heteroatoms. The average Bonchev–Trinajstić information content (AvgIpc) is 2.22. The van der Waals surface area contributed by atoms with Gasteiger partial charge in [-0.25, -0.2) is 4.39 Å². The van der Waals surface area contributed by atoms with Crippen LogP contribution in [0.1, 0.15) is 32.3 Å². The molecule has 88 valence electrons. The zero-order valence-electron chi connectivity index (χ0n) is 9.59. The molecular formula is C13H16ClFO. The van der Waals surface area contributed by atoms with E-state index in [2.05, 4.69) is 0 Å². The Morgan fingerprint density at radius 2 is 2.12 bits per heavy atom. The van der Waals surface area contributed by atoms with Gasteiger partial charge in [-0.05, 0) is 36.6 Å². The van der Waals surface area contributed by atoms with Crippen LogP contribution in [0, 0.1) is 11.7 Å². The molecule has 0 aromatic heterocycles. The summed E-state index contributed by atoms with van der Waals surface area (Å²) in [6, 6.07) is 4.51. The van der Waals surface area contributed by atoms with Crippen molar-refractivity contribution in [1.82, 2.24) is 0 Å². The number of hydrogen-bond acceptors (Lipinski definition) is 1. The van der Waals surface area contributed by atoms with Crippen molar-refractivity contribution in [3.8, 4) is 0 Å². The molecule has 1 aromatic rings. The van der Waals surface area contributed by atoms with Crippen LogP contribution in [0.25, 0.3) is 0 Å². The maximum absolute atomic E-state index is 13.3. The number of aryl methyl sites for hydroxylation is 1. The van der Waals surface area contributed by atoms with Gasteiger partial charge in [-0.2, -0.15) is 0 Å². The van der Waals surface area contributed by atoms with Gasteiger partial charge >= 0.3 is 0 Å². The normalized spacial score (nSPS) is 10.8. The van der Waals surface area contributed by atoms with E-state index in [0.717, 1.165) is 0 Å². The molecule has 0 N–H and O–H groups in total. The van der Waals surface area contributed by atoms with Crippen LogP contribution < -0.4 is 0 Å². The van der Waals surface area contributed by atoms with Crippen molar-refractivity contribution < 1.29 is 9.18 Å². The van der Waals surface area contributed by atoms with Gasteiger partial charge in [0.2, 0.25) is 0 Å². The monoisotopic (exact) mass is 242 g/mol. The maximum atomic E-state index is 13.3. The Hall–Kier alpha value is -0.890. The van der Waals surface area contributed by atoms with Gasteiger partial charge in [0.25, 0.3) is 0 Å².